The zero-order valence-electron chi connectivity index (χ0n) is 14.1. The normalized spacial score (nSPS) is 19.5. The summed E-state index contributed by atoms with van der Waals surface area (Å²) in [5, 5.41) is 7.10. The van der Waals surface area contributed by atoms with Crippen LogP contribution in [0.4, 0.5) is 0 Å². The molecule has 2 heterocycles. The summed E-state index contributed by atoms with van der Waals surface area (Å²) in [5.74, 6) is 0.360. The summed E-state index contributed by atoms with van der Waals surface area (Å²) in [4.78, 5) is 15.4. The lowest BCUT2D eigenvalue weighted by Gasteiger charge is -2.32. The predicted octanol–water partition coefficient (Wildman–Crippen LogP) is 2.95. The Morgan fingerprint density at radius 2 is 2.04 bits per heavy atom. The van der Waals surface area contributed by atoms with E-state index in [0.717, 1.165) is 30.0 Å². The highest BCUT2D eigenvalue weighted by atomic mass is 32.2. The molecule has 5 nitrogen and oxygen atoms in total. The summed E-state index contributed by atoms with van der Waals surface area (Å²) >= 11 is 0. The third-order valence-corrected chi connectivity index (χ3v) is 6.03. The average Bonchev–Trinajstić information content (AvgIpc) is 3.15. The van der Waals surface area contributed by atoms with E-state index in [0.29, 0.717) is 18.0 Å². The van der Waals surface area contributed by atoms with E-state index in [2.05, 4.69) is 10.2 Å². The summed E-state index contributed by atoms with van der Waals surface area (Å²) in [6.07, 6.45) is 3.81. The van der Waals surface area contributed by atoms with E-state index in [1.165, 1.54) is 0 Å². The van der Waals surface area contributed by atoms with Gasteiger partial charge in [-0.2, -0.15) is 5.10 Å². The van der Waals surface area contributed by atoms with E-state index < -0.39 is 10.8 Å². The monoisotopic (exact) mass is 345 g/mol. The number of aromatic amines is 1. The number of aromatic nitrogens is 2. The van der Waals surface area contributed by atoms with Crippen LogP contribution in [0.3, 0.4) is 0 Å². The number of rotatable bonds is 4. The Morgan fingerprint density at radius 1 is 1.29 bits per heavy atom. The number of nitrogens with zero attached hydrogens (tertiary/aromatic N) is 2. The molecule has 0 aliphatic carbocycles. The molecule has 0 saturated carbocycles. The fraction of sp³-hybridized carbons (Fsp3) is 0.444. The van der Waals surface area contributed by atoms with E-state index in [1.54, 1.807) is 30.5 Å². The topological polar surface area (TPSA) is 66.1 Å². The Bertz CT molecular complexity index is 710. The Balaban J connectivity index is 1.70. The second-order valence-electron chi connectivity index (χ2n) is 6.47. The first-order valence-electron chi connectivity index (χ1n) is 8.35. The molecule has 2 aromatic rings. The van der Waals surface area contributed by atoms with Gasteiger partial charge < -0.3 is 4.90 Å². The van der Waals surface area contributed by atoms with Crippen LogP contribution >= 0.6 is 0 Å². The lowest BCUT2D eigenvalue weighted by Crippen LogP contribution is -2.39. The first-order chi connectivity index (χ1) is 11.6. The van der Waals surface area contributed by atoms with Gasteiger partial charge in [0.15, 0.2) is 0 Å². The van der Waals surface area contributed by atoms with Crippen LogP contribution in [0.5, 0.6) is 0 Å². The van der Waals surface area contributed by atoms with Crippen LogP contribution in [-0.4, -0.2) is 43.6 Å². The van der Waals surface area contributed by atoms with Crippen LogP contribution in [0.2, 0.25) is 0 Å². The first-order valence-corrected chi connectivity index (χ1v) is 9.56. The van der Waals surface area contributed by atoms with Crippen LogP contribution < -0.4 is 0 Å². The van der Waals surface area contributed by atoms with Crippen molar-refractivity contribution in [2.24, 2.45) is 0 Å². The van der Waals surface area contributed by atoms with Gasteiger partial charge in [-0.3, -0.25) is 14.1 Å². The molecule has 1 aromatic heterocycles. The lowest BCUT2D eigenvalue weighted by molar-refractivity contribution is 0.0706. The molecule has 0 unspecified atom stereocenters. The molecule has 1 saturated heterocycles. The van der Waals surface area contributed by atoms with E-state index >= 15 is 0 Å². The average molecular weight is 345 g/mol. The highest BCUT2D eigenvalue weighted by Crippen LogP contribution is 2.26. The summed E-state index contributed by atoms with van der Waals surface area (Å²) in [6, 6.07) is 9.17. The molecule has 1 aliphatic rings. The molecular formula is C18H23N3O2S. The van der Waals surface area contributed by atoms with Crippen molar-refractivity contribution in [3.05, 3.63) is 47.8 Å². The SMILES string of the molecule is CC(C)[S@](=O)c1ccc(C(=O)N2CCC[C@H](c3ccn[nH]3)C2)cc1. The number of carbonyl (C=O) groups excluding carboxylic acids is 1. The third-order valence-electron chi connectivity index (χ3n) is 4.43. The van der Waals surface area contributed by atoms with Gasteiger partial charge in [0.2, 0.25) is 0 Å². The zero-order valence-corrected chi connectivity index (χ0v) is 14.9. The Kier molecular flexibility index (Phi) is 5.14. The number of carbonyl (C=O) groups is 1. The van der Waals surface area contributed by atoms with Gasteiger partial charge >= 0.3 is 0 Å². The molecule has 1 aliphatic heterocycles. The minimum atomic E-state index is -1.02. The Morgan fingerprint density at radius 3 is 2.67 bits per heavy atom. The van der Waals surface area contributed by atoms with E-state index in [9.17, 15) is 9.00 Å². The minimum Gasteiger partial charge on any atom is -0.338 e. The molecule has 1 aromatic carbocycles. The number of nitrogens with one attached hydrogen (secondary N) is 1. The van der Waals surface area contributed by atoms with E-state index in [4.69, 9.17) is 0 Å². The second-order valence-corrected chi connectivity index (χ2v) is 8.48. The van der Waals surface area contributed by atoms with Gasteiger partial charge in [-0.15, -0.1) is 0 Å². The zero-order chi connectivity index (χ0) is 17.1. The molecule has 0 spiro atoms. The molecule has 24 heavy (non-hydrogen) atoms. The van der Waals surface area contributed by atoms with Crippen molar-refractivity contribution in [3.63, 3.8) is 0 Å². The fourth-order valence-corrected chi connectivity index (χ4v) is 4.04. The number of hydrogen-bond donors (Lipinski definition) is 1. The summed E-state index contributed by atoms with van der Waals surface area (Å²) in [5.41, 5.74) is 1.75. The van der Waals surface area contributed by atoms with Crippen LogP contribution in [-0.2, 0) is 10.8 Å². The molecule has 1 amide bonds. The van der Waals surface area contributed by atoms with Crippen LogP contribution in [0.15, 0.2) is 41.4 Å². The van der Waals surface area contributed by atoms with Gasteiger partial charge in [-0.05, 0) is 43.2 Å². The van der Waals surface area contributed by atoms with Crippen molar-refractivity contribution in [1.82, 2.24) is 15.1 Å². The fourth-order valence-electron chi connectivity index (χ4n) is 3.10. The number of likely N-dealkylation sites (tertiary alicyclic amines) is 1. The number of amides is 1. The van der Waals surface area contributed by atoms with Gasteiger partial charge in [0, 0.05) is 46.6 Å². The molecular weight excluding hydrogens is 322 g/mol. The van der Waals surface area contributed by atoms with E-state index in [-0.39, 0.29) is 11.2 Å². The maximum Gasteiger partial charge on any atom is 0.253 e. The largest absolute Gasteiger partial charge is 0.338 e. The van der Waals surface area contributed by atoms with Crippen molar-refractivity contribution >= 4 is 16.7 Å². The quantitative estimate of drug-likeness (QED) is 0.926. The van der Waals surface area contributed by atoms with Gasteiger partial charge in [-0.25, -0.2) is 0 Å². The van der Waals surface area contributed by atoms with Crippen LogP contribution in [0.25, 0.3) is 0 Å². The third kappa shape index (κ3) is 3.59. The molecule has 0 bridgehead atoms. The highest BCUT2D eigenvalue weighted by molar-refractivity contribution is 7.85. The minimum absolute atomic E-state index is 0.0427. The summed E-state index contributed by atoms with van der Waals surface area (Å²) < 4.78 is 12.1. The van der Waals surface area contributed by atoms with Crippen LogP contribution in [0, 0.1) is 0 Å². The van der Waals surface area contributed by atoms with E-state index in [1.807, 2.05) is 24.8 Å². The second kappa shape index (κ2) is 7.30. The highest BCUT2D eigenvalue weighted by Gasteiger charge is 2.26. The van der Waals surface area contributed by atoms with Crippen LogP contribution in [0.1, 0.15) is 48.7 Å². The molecule has 128 valence electrons. The van der Waals surface area contributed by atoms with Crippen molar-refractivity contribution in [2.75, 3.05) is 13.1 Å². The molecule has 1 N–H and O–H groups in total. The van der Waals surface area contributed by atoms with Crippen molar-refractivity contribution in [3.8, 4) is 0 Å². The number of benzene rings is 1. The Labute approximate surface area is 144 Å². The Hall–Kier alpha value is -1.95. The molecule has 1 fully saturated rings. The van der Waals surface area contributed by atoms with Crippen molar-refractivity contribution in [1.29, 1.82) is 0 Å². The van der Waals surface area contributed by atoms with Crippen molar-refractivity contribution < 1.29 is 9.00 Å². The maximum atomic E-state index is 12.8. The molecule has 3 rings (SSSR count). The van der Waals surface area contributed by atoms with Gasteiger partial charge in [-0.1, -0.05) is 13.8 Å². The summed E-state index contributed by atoms with van der Waals surface area (Å²) in [7, 11) is -1.02. The smallest absolute Gasteiger partial charge is 0.253 e. The summed E-state index contributed by atoms with van der Waals surface area (Å²) in [6.45, 7) is 5.35. The first kappa shape index (κ1) is 16.9. The predicted molar refractivity (Wildman–Crippen MR) is 94.5 cm³/mol. The standard InChI is InChI=1S/C18H23N3O2S/c1-13(2)24(23)16-7-5-14(6-8-16)18(22)21-11-3-4-15(12-21)17-9-10-19-20-17/h5-10,13,15H,3-4,11-12H2,1-2H3,(H,19,20)/t15-,24-/m0/s1. The molecule has 2 atom stereocenters. The number of hydrogen-bond acceptors (Lipinski definition) is 3. The lowest BCUT2D eigenvalue weighted by atomic mass is 9.94. The van der Waals surface area contributed by atoms with Gasteiger partial charge in [0.1, 0.15) is 0 Å². The van der Waals surface area contributed by atoms with Gasteiger partial charge in [0.05, 0.1) is 10.8 Å². The van der Waals surface area contributed by atoms with Crippen molar-refractivity contribution in [2.45, 2.75) is 42.8 Å². The number of piperidine rings is 1. The maximum absolute atomic E-state index is 12.8. The number of H-pyrrole nitrogens is 1. The molecule has 6 heteroatoms. The van der Waals surface area contributed by atoms with Gasteiger partial charge in [0.25, 0.3) is 5.91 Å². The molecule has 0 radical (unpaired) electrons.